The van der Waals surface area contributed by atoms with E-state index in [1.54, 1.807) is 6.08 Å². The summed E-state index contributed by atoms with van der Waals surface area (Å²) in [5.41, 5.74) is 2.81. The Morgan fingerprint density at radius 2 is 1.97 bits per heavy atom. The zero-order valence-corrected chi connectivity index (χ0v) is 17.1. The lowest BCUT2D eigenvalue weighted by Gasteiger charge is -2.23. The first-order chi connectivity index (χ1) is 14.5. The lowest BCUT2D eigenvalue weighted by molar-refractivity contribution is -0.131. The maximum Gasteiger partial charge on any atom is 0.290 e. The van der Waals surface area contributed by atoms with Crippen molar-refractivity contribution in [3.63, 3.8) is 0 Å². The molecule has 0 bridgehead atoms. The smallest absolute Gasteiger partial charge is 0.290 e. The van der Waals surface area contributed by atoms with Crippen LogP contribution in [0.15, 0.2) is 47.4 Å². The number of morpholine rings is 1. The van der Waals surface area contributed by atoms with E-state index >= 15 is 0 Å². The van der Waals surface area contributed by atoms with Crippen LogP contribution in [0, 0.1) is 6.92 Å². The number of carbonyl (C=O) groups excluding carboxylic acids is 3. The Bertz CT molecular complexity index is 1030. The summed E-state index contributed by atoms with van der Waals surface area (Å²) in [6.07, 6.45) is 2.38. The van der Waals surface area contributed by atoms with Gasteiger partial charge in [-0.25, -0.2) is 0 Å². The van der Waals surface area contributed by atoms with E-state index in [9.17, 15) is 14.4 Å². The second-order valence-electron chi connectivity index (χ2n) is 7.11. The van der Waals surface area contributed by atoms with Crippen molar-refractivity contribution >= 4 is 34.9 Å². The first kappa shape index (κ1) is 20.2. The molecule has 2 aromatic carbocycles. The van der Waals surface area contributed by atoms with Crippen molar-refractivity contribution in [2.75, 3.05) is 13.2 Å². The van der Waals surface area contributed by atoms with Crippen LogP contribution in [-0.4, -0.2) is 36.3 Å². The number of benzene rings is 2. The van der Waals surface area contributed by atoms with Crippen LogP contribution < -0.4 is 15.4 Å². The van der Waals surface area contributed by atoms with E-state index in [4.69, 9.17) is 9.47 Å². The minimum Gasteiger partial charge on any atom is -0.457 e. The Kier molecular flexibility index (Phi) is 5.87. The Labute approximate surface area is 177 Å². The molecule has 0 aromatic heterocycles. The van der Waals surface area contributed by atoms with Gasteiger partial charge in [-0.1, -0.05) is 18.2 Å². The summed E-state index contributed by atoms with van der Waals surface area (Å²) in [5, 5.41) is 4.80. The lowest BCUT2D eigenvalue weighted by atomic mass is 10.1. The van der Waals surface area contributed by atoms with Gasteiger partial charge in [0, 0.05) is 0 Å². The molecule has 2 aliphatic rings. The Morgan fingerprint density at radius 3 is 2.63 bits per heavy atom. The fraction of sp³-hybridized carbons (Fsp3) is 0.227. The summed E-state index contributed by atoms with van der Waals surface area (Å²) in [6, 6.07) is 13.3. The third-order valence-corrected chi connectivity index (χ3v) is 5.50. The van der Waals surface area contributed by atoms with Gasteiger partial charge in [-0.15, -0.1) is 0 Å². The second kappa shape index (κ2) is 8.73. The Hall–Kier alpha value is -3.10. The molecule has 2 aliphatic heterocycles. The van der Waals surface area contributed by atoms with Crippen LogP contribution in [0.5, 0.6) is 11.5 Å². The fourth-order valence-corrected chi connectivity index (χ4v) is 3.95. The van der Waals surface area contributed by atoms with Crippen molar-refractivity contribution in [2.45, 2.75) is 19.4 Å². The average Bonchev–Trinajstić information content (AvgIpc) is 3.02. The predicted octanol–water partition coefficient (Wildman–Crippen LogP) is 3.17. The van der Waals surface area contributed by atoms with E-state index < -0.39 is 0 Å². The number of hydrogen-bond acceptors (Lipinski definition) is 6. The van der Waals surface area contributed by atoms with Gasteiger partial charge in [0.2, 0.25) is 5.91 Å². The molecule has 0 saturated carbocycles. The molecule has 7 nitrogen and oxygen atoms in total. The summed E-state index contributed by atoms with van der Waals surface area (Å²) in [5.74, 6) is 0.951. The quantitative estimate of drug-likeness (QED) is 0.716. The van der Waals surface area contributed by atoms with E-state index in [0.29, 0.717) is 29.4 Å². The lowest BCUT2D eigenvalue weighted by Crippen LogP contribution is -2.46. The Morgan fingerprint density at radius 1 is 1.17 bits per heavy atom. The highest BCUT2D eigenvalue weighted by atomic mass is 32.2. The summed E-state index contributed by atoms with van der Waals surface area (Å²) in [7, 11) is 0. The summed E-state index contributed by atoms with van der Waals surface area (Å²) in [6.45, 7) is 2.56. The zero-order chi connectivity index (χ0) is 21.1. The molecule has 2 fully saturated rings. The van der Waals surface area contributed by atoms with Gasteiger partial charge in [0.05, 0.1) is 17.6 Å². The third-order valence-electron chi connectivity index (χ3n) is 4.69. The van der Waals surface area contributed by atoms with Crippen LogP contribution in [0.2, 0.25) is 0 Å². The molecule has 0 radical (unpaired) electrons. The molecule has 0 spiro atoms. The van der Waals surface area contributed by atoms with Crippen LogP contribution in [-0.2, 0) is 20.7 Å². The largest absolute Gasteiger partial charge is 0.457 e. The predicted molar refractivity (Wildman–Crippen MR) is 113 cm³/mol. The van der Waals surface area contributed by atoms with Crippen molar-refractivity contribution in [2.24, 2.45) is 0 Å². The number of aryl methyl sites for hydroxylation is 1. The molecule has 3 amide bonds. The van der Waals surface area contributed by atoms with Gasteiger partial charge < -0.3 is 14.8 Å². The van der Waals surface area contributed by atoms with E-state index in [-0.39, 0.29) is 29.7 Å². The van der Waals surface area contributed by atoms with Gasteiger partial charge in [-0.05, 0) is 72.1 Å². The summed E-state index contributed by atoms with van der Waals surface area (Å²) < 4.78 is 11.2. The summed E-state index contributed by atoms with van der Waals surface area (Å²) >= 11 is 0.894. The Balaban J connectivity index is 1.40. The van der Waals surface area contributed by atoms with Gasteiger partial charge in [0.1, 0.15) is 18.1 Å². The van der Waals surface area contributed by atoms with Crippen molar-refractivity contribution in [1.82, 2.24) is 10.6 Å². The number of carbonyl (C=O) groups is 3. The number of nitrogens with one attached hydrogen (secondary N) is 2. The fourth-order valence-electron chi connectivity index (χ4n) is 3.27. The highest BCUT2D eigenvalue weighted by Crippen LogP contribution is 2.29. The first-order valence-corrected chi connectivity index (χ1v) is 10.3. The van der Waals surface area contributed by atoms with Crippen molar-refractivity contribution < 1.29 is 23.9 Å². The van der Waals surface area contributed by atoms with Crippen molar-refractivity contribution in [3.05, 3.63) is 64.1 Å². The van der Waals surface area contributed by atoms with Gasteiger partial charge in [0.15, 0.2) is 0 Å². The molecule has 2 saturated heterocycles. The van der Waals surface area contributed by atoms with Crippen LogP contribution >= 0.6 is 11.8 Å². The number of ether oxygens (including phenoxy) is 2. The molecular weight excluding hydrogens is 404 g/mol. The van der Waals surface area contributed by atoms with E-state index in [1.165, 1.54) is 0 Å². The standard InChI is InChI=1S/C22H20N2O5S/c1-13-8-15(10-19-21(26)24-22(27)30-19)4-7-18(13)29-17-5-2-14(3-6-17)9-16-11-28-12-20(25)23-16/h2-8,10,16H,9,11-12H2,1H3,(H,23,25)(H,24,26,27)/b19-10-. The highest BCUT2D eigenvalue weighted by Gasteiger charge is 2.25. The molecule has 30 heavy (non-hydrogen) atoms. The van der Waals surface area contributed by atoms with Gasteiger partial charge >= 0.3 is 0 Å². The molecule has 2 N–H and O–H groups in total. The molecule has 154 valence electrons. The molecule has 2 heterocycles. The SMILES string of the molecule is Cc1cc(/C=C2\SC(=O)NC2=O)ccc1Oc1ccc(CC2COCC(=O)N2)cc1. The van der Waals surface area contributed by atoms with Crippen LogP contribution in [0.25, 0.3) is 6.08 Å². The number of thioether (sulfide) groups is 1. The number of rotatable bonds is 5. The normalized spacial score (nSPS) is 20.2. The molecule has 0 aliphatic carbocycles. The topological polar surface area (TPSA) is 93.7 Å². The maximum absolute atomic E-state index is 11.7. The number of amides is 3. The molecule has 1 unspecified atom stereocenters. The molecule has 8 heteroatoms. The first-order valence-electron chi connectivity index (χ1n) is 9.46. The highest BCUT2D eigenvalue weighted by molar-refractivity contribution is 8.18. The monoisotopic (exact) mass is 424 g/mol. The summed E-state index contributed by atoms with van der Waals surface area (Å²) in [4.78, 5) is 34.7. The number of imide groups is 1. The molecule has 1 atom stereocenters. The third kappa shape index (κ3) is 4.90. The number of hydrogen-bond donors (Lipinski definition) is 2. The second-order valence-corrected chi connectivity index (χ2v) is 8.12. The van der Waals surface area contributed by atoms with Gasteiger partial charge in [-0.2, -0.15) is 0 Å². The van der Waals surface area contributed by atoms with E-state index in [0.717, 1.165) is 28.5 Å². The van der Waals surface area contributed by atoms with E-state index in [1.807, 2.05) is 49.4 Å². The van der Waals surface area contributed by atoms with Crippen LogP contribution in [0.4, 0.5) is 4.79 Å². The minimum atomic E-state index is -0.373. The van der Waals surface area contributed by atoms with Gasteiger partial charge in [-0.3, -0.25) is 19.7 Å². The van der Waals surface area contributed by atoms with E-state index in [2.05, 4.69) is 10.6 Å². The van der Waals surface area contributed by atoms with Gasteiger partial charge in [0.25, 0.3) is 11.1 Å². The molecule has 4 rings (SSSR count). The van der Waals surface area contributed by atoms with Crippen LogP contribution in [0.3, 0.4) is 0 Å². The van der Waals surface area contributed by atoms with Crippen molar-refractivity contribution in [3.8, 4) is 11.5 Å². The molecule has 2 aromatic rings. The molecular formula is C22H20N2O5S. The van der Waals surface area contributed by atoms with Crippen molar-refractivity contribution in [1.29, 1.82) is 0 Å². The van der Waals surface area contributed by atoms with Crippen LogP contribution in [0.1, 0.15) is 16.7 Å². The zero-order valence-electron chi connectivity index (χ0n) is 16.3. The minimum absolute atomic E-state index is 0.0164. The maximum atomic E-state index is 11.7. The average molecular weight is 424 g/mol.